The molecule has 1 fully saturated rings. The van der Waals surface area contributed by atoms with Gasteiger partial charge in [-0.15, -0.1) is 5.46 Å². The second kappa shape index (κ2) is 12.6. The Bertz CT molecular complexity index is 517. The van der Waals surface area contributed by atoms with Crippen molar-refractivity contribution in [1.29, 1.82) is 0 Å². The Kier molecular flexibility index (Phi) is 11.2. The molecule has 26 heavy (non-hydrogen) atoms. The van der Waals surface area contributed by atoms with Crippen molar-refractivity contribution in [3.05, 3.63) is 54.6 Å². The van der Waals surface area contributed by atoms with Crippen molar-refractivity contribution in [3.63, 3.8) is 0 Å². The fourth-order valence-electron chi connectivity index (χ4n) is 3.56. The van der Waals surface area contributed by atoms with Crippen LogP contribution < -0.4 is 5.46 Å². The average molecular weight is 396 g/mol. The Balaban J connectivity index is 0.000000486. The summed E-state index contributed by atoms with van der Waals surface area (Å²) in [4.78, 5) is 0. The van der Waals surface area contributed by atoms with Gasteiger partial charge in [-0.2, -0.15) is 12.1 Å². The SMILES string of the molecule is CCC(CC)C1CC(CC(C)C)OB([c-]2cccc2)O1.[Fe].[cH-]1[cH-][cH-][cH-][cH-]1. The zero-order valence-electron chi connectivity index (χ0n) is 16.6. The first-order chi connectivity index (χ1) is 12.1. The molecular formula is C22H33BFeO2-6. The first kappa shape index (κ1) is 23.2. The van der Waals surface area contributed by atoms with Crippen molar-refractivity contribution in [2.45, 2.75) is 65.6 Å². The maximum atomic E-state index is 6.26. The number of hydrogen-bond donors (Lipinski definition) is 0. The molecule has 0 amide bonds. The number of rotatable bonds is 6. The molecule has 0 N–H and O–H groups in total. The fourth-order valence-corrected chi connectivity index (χ4v) is 3.56. The molecule has 4 heteroatoms. The van der Waals surface area contributed by atoms with Crippen LogP contribution in [0.5, 0.6) is 0 Å². The molecule has 0 aliphatic carbocycles. The van der Waals surface area contributed by atoms with E-state index in [1.54, 1.807) is 0 Å². The van der Waals surface area contributed by atoms with Gasteiger partial charge >= 0.3 is 7.12 Å². The second-order valence-electron chi connectivity index (χ2n) is 7.39. The van der Waals surface area contributed by atoms with Gasteiger partial charge in [0.2, 0.25) is 0 Å². The van der Waals surface area contributed by atoms with Crippen LogP contribution in [0.25, 0.3) is 0 Å². The average Bonchev–Trinajstić information content (AvgIpc) is 3.32. The van der Waals surface area contributed by atoms with Crippen LogP contribution in [0.1, 0.15) is 53.4 Å². The molecule has 1 aliphatic rings. The van der Waals surface area contributed by atoms with Crippen LogP contribution >= 0.6 is 0 Å². The third-order valence-corrected chi connectivity index (χ3v) is 4.93. The summed E-state index contributed by atoms with van der Waals surface area (Å²) in [7, 11) is -0.173. The van der Waals surface area contributed by atoms with Crippen molar-refractivity contribution in [2.75, 3.05) is 0 Å². The third kappa shape index (κ3) is 7.44. The smallest absolute Gasteiger partial charge is 0.418 e. The molecule has 1 saturated heterocycles. The fraction of sp³-hybridized carbons (Fsp3) is 0.545. The standard InChI is InChI=1S/C17H28BO2.C5H5.Fe/c1-5-14(6-2)17-12-16(11-13(3)4)19-18(20-17)15-9-7-8-10-15;1-2-4-5-3-1;/h7-10,13-14,16-17H,5-6,11-12H2,1-4H3;1-5H;/q-1;-5;. The monoisotopic (exact) mass is 396 g/mol. The predicted molar refractivity (Wildman–Crippen MR) is 107 cm³/mol. The van der Waals surface area contributed by atoms with E-state index >= 15 is 0 Å². The molecule has 2 nitrogen and oxygen atoms in total. The van der Waals surface area contributed by atoms with E-state index in [0.29, 0.717) is 24.0 Å². The Hall–Kier alpha value is -0.796. The van der Waals surface area contributed by atoms with Crippen LogP contribution in [-0.2, 0) is 26.4 Å². The van der Waals surface area contributed by atoms with Gasteiger partial charge in [0.1, 0.15) is 0 Å². The van der Waals surface area contributed by atoms with Gasteiger partial charge in [0.25, 0.3) is 0 Å². The number of hydrogen-bond acceptors (Lipinski definition) is 2. The summed E-state index contributed by atoms with van der Waals surface area (Å²) in [5.41, 5.74) is 1.16. The topological polar surface area (TPSA) is 18.5 Å². The van der Waals surface area contributed by atoms with E-state index in [4.69, 9.17) is 9.31 Å². The Morgan fingerprint density at radius 1 is 1.00 bits per heavy atom. The first-order valence-electron chi connectivity index (χ1n) is 9.83. The zero-order valence-corrected chi connectivity index (χ0v) is 17.7. The zero-order chi connectivity index (χ0) is 18.1. The van der Waals surface area contributed by atoms with E-state index in [1.807, 2.05) is 30.3 Å². The van der Waals surface area contributed by atoms with Gasteiger partial charge in [-0.25, -0.2) is 12.1 Å². The molecule has 1 heterocycles. The molecular weight excluding hydrogens is 363 g/mol. The summed E-state index contributed by atoms with van der Waals surface area (Å²) in [6.45, 7) is 9.06. The van der Waals surface area contributed by atoms with Crippen molar-refractivity contribution in [3.8, 4) is 0 Å². The van der Waals surface area contributed by atoms with Gasteiger partial charge in [0.15, 0.2) is 0 Å². The van der Waals surface area contributed by atoms with Crippen LogP contribution in [0, 0.1) is 11.8 Å². The molecule has 2 aromatic rings. The van der Waals surface area contributed by atoms with Crippen molar-refractivity contribution in [1.82, 2.24) is 0 Å². The minimum atomic E-state index is -0.173. The molecule has 2 atom stereocenters. The van der Waals surface area contributed by atoms with Crippen molar-refractivity contribution < 1.29 is 26.4 Å². The molecule has 0 radical (unpaired) electrons. The van der Waals surface area contributed by atoms with Crippen molar-refractivity contribution in [2.24, 2.45) is 11.8 Å². The Morgan fingerprint density at radius 2 is 1.54 bits per heavy atom. The molecule has 2 unspecified atom stereocenters. The minimum Gasteiger partial charge on any atom is -0.748 e. The molecule has 0 saturated carbocycles. The van der Waals surface area contributed by atoms with Crippen LogP contribution in [0.2, 0.25) is 0 Å². The normalized spacial score (nSPS) is 19.8. The maximum absolute atomic E-state index is 6.26. The second-order valence-corrected chi connectivity index (χ2v) is 7.39. The summed E-state index contributed by atoms with van der Waals surface area (Å²) in [6, 6.07) is 18.3. The first-order valence-corrected chi connectivity index (χ1v) is 9.83. The van der Waals surface area contributed by atoms with Gasteiger partial charge in [0.05, 0.1) is 0 Å². The molecule has 150 valence electrons. The third-order valence-electron chi connectivity index (χ3n) is 4.93. The van der Waals surface area contributed by atoms with Gasteiger partial charge < -0.3 is 39.6 Å². The molecule has 2 aromatic carbocycles. The minimum absolute atomic E-state index is 0. The van der Waals surface area contributed by atoms with Crippen LogP contribution in [0.4, 0.5) is 0 Å². The largest absolute Gasteiger partial charge is 0.748 e. The summed E-state index contributed by atoms with van der Waals surface area (Å²) < 4.78 is 12.5. The van der Waals surface area contributed by atoms with E-state index in [2.05, 4.69) is 52.0 Å². The van der Waals surface area contributed by atoms with Crippen LogP contribution in [-0.4, -0.2) is 19.3 Å². The summed E-state index contributed by atoms with van der Waals surface area (Å²) in [5, 5.41) is 0. The molecule has 3 rings (SSSR count). The van der Waals surface area contributed by atoms with E-state index in [9.17, 15) is 0 Å². The maximum Gasteiger partial charge on any atom is 0.418 e. The Morgan fingerprint density at radius 3 is 2.00 bits per heavy atom. The van der Waals surface area contributed by atoms with Crippen molar-refractivity contribution >= 4 is 12.6 Å². The molecule has 0 bridgehead atoms. The van der Waals surface area contributed by atoms with Gasteiger partial charge in [-0.1, -0.05) is 40.5 Å². The van der Waals surface area contributed by atoms with E-state index in [0.717, 1.165) is 18.3 Å². The molecule has 0 aromatic heterocycles. The molecule has 0 spiro atoms. The van der Waals surface area contributed by atoms with E-state index in [1.165, 1.54) is 12.8 Å². The Labute approximate surface area is 171 Å². The summed E-state index contributed by atoms with van der Waals surface area (Å²) in [5.74, 6) is 1.31. The quantitative estimate of drug-likeness (QED) is 0.496. The predicted octanol–water partition coefficient (Wildman–Crippen LogP) is 5.16. The van der Waals surface area contributed by atoms with Gasteiger partial charge in [0, 0.05) is 29.3 Å². The summed E-state index contributed by atoms with van der Waals surface area (Å²) in [6.07, 6.45) is 5.20. The van der Waals surface area contributed by atoms with E-state index < -0.39 is 0 Å². The van der Waals surface area contributed by atoms with E-state index in [-0.39, 0.29) is 24.2 Å². The van der Waals surface area contributed by atoms with Gasteiger partial charge in [-0.05, 0) is 24.7 Å². The van der Waals surface area contributed by atoms with Gasteiger partial charge in [-0.3, -0.25) is 0 Å². The summed E-state index contributed by atoms with van der Waals surface area (Å²) >= 11 is 0. The van der Waals surface area contributed by atoms with Crippen LogP contribution in [0.3, 0.4) is 0 Å². The van der Waals surface area contributed by atoms with Crippen LogP contribution in [0.15, 0.2) is 54.6 Å². The molecule has 1 aliphatic heterocycles.